The summed E-state index contributed by atoms with van der Waals surface area (Å²) in [6.07, 6.45) is 0.750. The van der Waals surface area contributed by atoms with Crippen molar-refractivity contribution < 1.29 is 9.18 Å². The topological polar surface area (TPSA) is 41.1 Å². The van der Waals surface area contributed by atoms with Crippen molar-refractivity contribution in [1.29, 1.82) is 0 Å². The van der Waals surface area contributed by atoms with E-state index in [4.69, 9.17) is 0 Å². The predicted molar refractivity (Wildman–Crippen MR) is 80.5 cm³/mol. The van der Waals surface area contributed by atoms with Gasteiger partial charge >= 0.3 is 0 Å². The number of para-hydroxylation sites is 1. The van der Waals surface area contributed by atoms with Gasteiger partial charge in [0.05, 0.1) is 5.92 Å². The minimum Gasteiger partial charge on any atom is -0.385 e. The van der Waals surface area contributed by atoms with Crippen molar-refractivity contribution in [3.63, 3.8) is 0 Å². The zero-order valence-electron chi connectivity index (χ0n) is 11.6. The molecule has 3 nitrogen and oxygen atoms in total. The van der Waals surface area contributed by atoms with Gasteiger partial charge in [-0.1, -0.05) is 36.4 Å². The highest BCUT2D eigenvalue weighted by molar-refractivity contribution is 5.86. The van der Waals surface area contributed by atoms with Gasteiger partial charge in [0.15, 0.2) is 0 Å². The van der Waals surface area contributed by atoms with Crippen LogP contribution in [-0.2, 0) is 11.3 Å². The second kappa shape index (κ2) is 5.95. The van der Waals surface area contributed by atoms with Gasteiger partial charge in [-0.05, 0) is 24.1 Å². The zero-order valence-corrected chi connectivity index (χ0v) is 11.6. The number of carbonyl (C=O) groups is 1. The third-order valence-corrected chi connectivity index (χ3v) is 3.81. The van der Waals surface area contributed by atoms with E-state index in [1.165, 1.54) is 6.07 Å². The maximum absolute atomic E-state index is 13.6. The number of hydrogen-bond donors (Lipinski definition) is 2. The lowest BCUT2D eigenvalue weighted by molar-refractivity contribution is -0.122. The smallest absolute Gasteiger partial charge is 0.227 e. The van der Waals surface area contributed by atoms with E-state index in [0.717, 1.165) is 24.2 Å². The Labute approximate surface area is 123 Å². The molecule has 1 atom stereocenters. The van der Waals surface area contributed by atoms with Crippen LogP contribution in [-0.4, -0.2) is 12.5 Å². The minimum atomic E-state index is -0.288. The van der Waals surface area contributed by atoms with E-state index in [-0.39, 0.29) is 24.2 Å². The molecule has 4 heteroatoms. The van der Waals surface area contributed by atoms with Crippen LogP contribution in [0.3, 0.4) is 0 Å². The van der Waals surface area contributed by atoms with Gasteiger partial charge in [-0.25, -0.2) is 4.39 Å². The molecule has 1 aliphatic rings. The zero-order chi connectivity index (χ0) is 14.7. The second-order valence-electron chi connectivity index (χ2n) is 5.16. The van der Waals surface area contributed by atoms with Crippen LogP contribution in [0.15, 0.2) is 48.5 Å². The first kappa shape index (κ1) is 13.6. The summed E-state index contributed by atoms with van der Waals surface area (Å²) in [5, 5.41) is 6.13. The molecule has 0 radical (unpaired) electrons. The van der Waals surface area contributed by atoms with E-state index in [1.54, 1.807) is 18.2 Å². The highest BCUT2D eigenvalue weighted by Gasteiger charge is 2.25. The van der Waals surface area contributed by atoms with Gasteiger partial charge in [-0.15, -0.1) is 0 Å². The van der Waals surface area contributed by atoms with Gasteiger partial charge in [0.1, 0.15) is 5.82 Å². The summed E-state index contributed by atoms with van der Waals surface area (Å²) in [5.41, 5.74) is 2.53. The molecule has 1 heterocycles. The van der Waals surface area contributed by atoms with Crippen molar-refractivity contribution in [2.24, 2.45) is 0 Å². The largest absolute Gasteiger partial charge is 0.385 e. The first-order valence-corrected chi connectivity index (χ1v) is 7.09. The maximum Gasteiger partial charge on any atom is 0.227 e. The molecule has 0 fully saturated rings. The predicted octanol–water partition coefficient (Wildman–Crippen LogP) is 3.04. The molecule has 0 aromatic heterocycles. The molecular weight excluding hydrogens is 267 g/mol. The number of fused-ring (bicyclic) bond motifs is 1. The average molecular weight is 284 g/mol. The molecule has 108 valence electrons. The molecule has 1 amide bonds. The third-order valence-electron chi connectivity index (χ3n) is 3.81. The molecule has 2 N–H and O–H groups in total. The number of hydrogen-bond acceptors (Lipinski definition) is 2. The number of benzene rings is 2. The molecule has 2 aromatic carbocycles. The summed E-state index contributed by atoms with van der Waals surface area (Å²) in [6.45, 7) is 0.992. The lowest BCUT2D eigenvalue weighted by atomic mass is 9.90. The van der Waals surface area contributed by atoms with E-state index in [2.05, 4.69) is 10.6 Å². The van der Waals surface area contributed by atoms with Crippen LogP contribution >= 0.6 is 0 Å². The Bertz CT molecular complexity index is 657. The Morgan fingerprint density at radius 3 is 2.81 bits per heavy atom. The number of anilines is 1. The van der Waals surface area contributed by atoms with E-state index < -0.39 is 0 Å². The van der Waals surface area contributed by atoms with Crippen molar-refractivity contribution >= 4 is 11.6 Å². The first-order valence-electron chi connectivity index (χ1n) is 7.09. The molecule has 1 aliphatic heterocycles. The number of rotatable bonds is 3. The van der Waals surface area contributed by atoms with E-state index in [1.807, 2.05) is 24.3 Å². The summed E-state index contributed by atoms with van der Waals surface area (Å²) in [4.78, 5) is 12.4. The molecule has 0 spiro atoms. The van der Waals surface area contributed by atoms with Crippen LogP contribution in [0.1, 0.15) is 23.5 Å². The molecule has 21 heavy (non-hydrogen) atoms. The Hall–Kier alpha value is -2.36. The second-order valence-corrected chi connectivity index (χ2v) is 5.16. The van der Waals surface area contributed by atoms with Gasteiger partial charge in [0.25, 0.3) is 0 Å². The number of carbonyl (C=O) groups excluding carboxylic acids is 1. The van der Waals surface area contributed by atoms with Gasteiger partial charge in [0.2, 0.25) is 5.91 Å². The Morgan fingerprint density at radius 2 is 1.95 bits per heavy atom. The summed E-state index contributed by atoms with van der Waals surface area (Å²) in [7, 11) is 0. The quantitative estimate of drug-likeness (QED) is 0.909. The monoisotopic (exact) mass is 284 g/mol. The Balaban J connectivity index is 1.71. The molecule has 0 saturated carbocycles. The van der Waals surface area contributed by atoms with Crippen LogP contribution in [0, 0.1) is 5.82 Å². The van der Waals surface area contributed by atoms with Gasteiger partial charge in [-0.2, -0.15) is 0 Å². The molecule has 0 saturated heterocycles. The van der Waals surface area contributed by atoms with Gasteiger partial charge in [0, 0.05) is 24.3 Å². The molecule has 0 bridgehead atoms. The van der Waals surface area contributed by atoms with Crippen molar-refractivity contribution in [2.75, 3.05) is 11.9 Å². The van der Waals surface area contributed by atoms with Gasteiger partial charge in [-0.3, -0.25) is 4.79 Å². The lowest BCUT2D eigenvalue weighted by Crippen LogP contribution is -2.32. The van der Waals surface area contributed by atoms with Crippen LogP contribution in [0.25, 0.3) is 0 Å². The molecule has 3 rings (SSSR count). The molecular formula is C17H17FN2O. The maximum atomic E-state index is 13.6. The van der Waals surface area contributed by atoms with Crippen molar-refractivity contribution in [3.05, 3.63) is 65.5 Å². The summed E-state index contributed by atoms with van der Waals surface area (Å²) >= 11 is 0. The van der Waals surface area contributed by atoms with Crippen LogP contribution < -0.4 is 10.6 Å². The summed E-state index contributed by atoms with van der Waals surface area (Å²) in [6, 6.07) is 14.3. The standard InChI is InChI=1S/C17H17FN2O/c18-15-7-3-1-5-12(15)11-20-17(21)14-9-10-19-16-8-4-2-6-13(14)16/h1-8,14,19H,9-11H2,(H,20,21). The molecule has 2 aromatic rings. The SMILES string of the molecule is O=C(NCc1ccccc1F)C1CCNc2ccccc21. The molecule has 0 aliphatic carbocycles. The fourth-order valence-corrected chi connectivity index (χ4v) is 2.69. The highest BCUT2D eigenvalue weighted by Crippen LogP contribution is 2.31. The fourth-order valence-electron chi connectivity index (χ4n) is 2.69. The normalized spacial score (nSPS) is 16.7. The summed E-state index contributed by atoms with van der Waals surface area (Å²) < 4.78 is 13.6. The fraction of sp³-hybridized carbons (Fsp3) is 0.235. The third kappa shape index (κ3) is 2.89. The Kier molecular flexibility index (Phi) is 3.86. The van der Waals surface area contributed by atoms with Crippen molar-refractivity contribution in [2.45, 2.75) is 18.9 Å². The van der Waals surface area contributed by atoms with Crippen LogP contribution in [0.5, 0.6) is 0 Å². The first-order chi connectivity index (χ1) is 10.3. The minimum absolute atomic E-state index is 0.0489. The van der Waals surface area contributed by atoms with E-state index >= 15 is 0 Å². The van der Waals surface area contributed by atoms with Gasteiger partial charge < -0.3 is 10.6 Å². The number of nitrogens with one attached hydrogen (secondary N) is 2. The van der Waals surface area contributed by atoms with E-state index in [0.29, 0.717) is 5.56 Å². The highest BCUT2D eigenvalue weighted by atomic mass is 19.1. The van der Waals surface area contributed by atoms with Crippen LogP contribution in [0.4, 0.5) is 10.1 Å². The Morgan fingerprint density at radius 1 is 1.19 bits per heavy atom. The summed E-state index contributed by atoms with van der Waals surface area (Å²) in [5.74, 6) is -0.509. The number of halogens is 1. The van der Waals surface area contributed by atoms with Crippen molar-refractivity contribution in [3.8, 4) is 0 Å². The molecule has 1 unspecified atom stereocenters. The van der Waals surface area contributed by atoms with Crippen LogP contribution in [0.2, 0.25) is 0 Å². The lowest BCUT2D eigenvalue weighted by Gasteiger charge is -2.25. The van der Waals surface area contributed by atoms with E-state index in [9.17, 15) is 9.18 Å². The van der Waals surface area contributed by atoms with Crippen molar-refractivity contribution in [1.82, 2.24) is 5.32 Å². The average Bonchev–Trinajstić information content (AvgIpc) is 2.53. The number of amides is 1.